The first-order chi connectivity index (χ1) is 13.7. The molecule has 2 heteroatoms. The van der Waals surface area contributed by atoms with E-state index in [0.717, 1.165) is 6.42 Å². The zero-order chi connectivity index (χ0) is 19.1. The molecule has 0 aliphatic heterocycles. The van der Waals surface area contributed by atoms with Gasteiger partial charge in [0.05, 0.1) is 0 Å². The molecular formula is C26H24N2. The molecule has 0 aliphatic rings. The van der Waals surface area contributed by atoms with Gasteiger partial charge in [-0.05, 0) is 49.1 Å². The van der Waals surface area contributed by atoms with Crippen molar-refractivity contribution in [1.82, 2.24) is 9.97 Å². The largest absolute Gasteiger partial charge is 0.358 e. The molecule has 0 fully saturated rings. The van der Waals surface area contributed by atoms with Crippen molar-refractivity contribution in [3.8, 4) is 0 Å². The van der Waals surface area contributed by atoms with Gasteiger partial charge < -0.3 is 9.97 Å². The number of hydrogen-bond donors (Lipinski definition) is 2. The zero-order valence-electron chi connectivity index (χ0n) is 16.3. The van der Waals surface area contributed by atoms with Crippen molar-refractivity contribution in [3.63, 3.8) is 0 Å². The summed E-state index contributed by atoms with van der Waals surface area (Å²) in [4.78, 5) is 7.23. The van der Waals surface area contributed by atoms with Crippen LogP contribution >= 0.6 is 0 Å². The zero-order valence-corrected chi connectivity index (χ0v) is 16.3. The van der Waals surface area contributed by atoms with Crippen LogP contribution in [0.25, 0.3) is 21.8 Å². The third kappa shape index (κ3) is 2.73. The number of nitrogens with one attached hydrogen (secondary N) is 2. The number of aromatic nitrogens is 2. The van der Waals surface area contributed by atoms with E-state index in [1.54, 1.807) is 0 Å². The summed E-state index contributed by atoms with van der Waals surface area (Å²) in [5, 5.41) is 2.65. The first kappa shape index (κ1) is 16.9. The Morgan fingerprint density at radius 2 is 1.07 bits per heavy atom. The van der Waals surface area contributed by atoms with Crippen LogP contribution in [0.3, 0.4) is 0 Å². The SMILES string of the molecule is Cc1[nH]c2ccccc2c1C(Cc1ccccc1)c1c(C)[nH]c2ccccc12. The number of hydrogen-bond acceptors (Lipinski definition) is 0. The molecule has 2 heterocycles. The lowest BCUT2D eigenvalue weighted by atomic mass is 9.83. The minimum Gasteiger partial charge on any atom is -0.358 e. The second kappa shape index (κ2) is 6.72. The number of benzene rings is 3. The van der Waals surface area contributed by atoms with Gasteiger partial charge in [-0.2, -0.15) is 0 Å². The summed E-state index contributed by atoms with van der Waals surface area (Å²) in [6.07, 6.45) is 0.978. The Balaban J connectivity index is 1.78. The summed E-state index contributed by atoms with van der Waals surface area (Å²) in [5.41, 5.74) is 9.12. The molecule has 0 atom stereocenters. The Hall–Kier alpha value is -3.26. The van der Waals surface area contributed by atoms with Crippen LogP contribution in [-0.4, -0.2) is 9.97 Å². The molecule has 2 nitrogen and oxygen atoms in total. The van der Waals surface area contributed by atoms with Crippen molar-refractivity contribution in [3.05, 3.63) is 107 Å². The average molecular weight is 364 g/mol. The summed E-state index contributed by atoms with van der Waals surface area (Å²) in [6, 6.07) is 28.2. The highest BCUT2D eigenvalue weighted by Gasteiger charge is 2.25. The Morgan fingerprint density at radius 3 is 1.61 bits per heavy atom. The van der Waals surface area contributed by atoms with Crippen LogP contribution in [0.4, 0.5) is 0 Å². The molecule has 0 bridgehead atoms. The van der Waals surface area contributed by atoms with Gasteiger partial charge in [0, 0.05) is 39.1 Å². The van der Waals surface area contributed by atoms with Crippen molar-refractivity contribution in [2.24, 2.45) is 0 Å². The first-order valence-corrected chi connectivity index (χ1v) is 9.90. The minimum atomic E-state index is 0.287. The second-order valence-electron chi connectivity index (χ2n) is 7.66. The molecule has 0 radical (unpaired) electrons. The summed E-state index contributed by atoms with van der Waals surface area (Å²) in [7, 11) is 0. The lowest BCUT2D eigenvalue weighted by Gasteiger charge is -2.20. The Bertz CT molecular complexity index is 1180. The van der Waals surface area contributed by atoms with E-state index < -0.39 is 0 Å². The van der Waals surface area contributed by atoms with Crippen LogP contribution in [0.5, 0.6) is 0 Å². The van der Waals surface area contributed by atoms with Crippen molar-refractivity contribution in [2.45, 2.75) is 26.2 Å². The maximum Gasteiger partial charge on any atom is 0.0459 e. The summed E-state index contributed by atoms with van der Waals surface area (Å²) in [6.45, 7) is 4.41. The Morgan fingerprint density at radius 1 is 0.607 bits per heavy atom. The van der Waals surface area contributed by atoms with Gasteiger partial charge in [-0.3, -0.25) is 0 Å². The van der Waals surface area contributed by atoms with Crippen molar-refractivity contribution >= 4 is 21.8 Å². The number of H-pyrrole nitrogens is 2. The molecule has 0 amide bonds. The second-order valence-corrected chi connectivity index (χ2v) is 7.66. The fourth-order valence-electron chi connectivity index (χ4n) is 4.69. The average Bonchev–Trinajstić information content (AvgIpc) is 3.22. The number of fused-ring (bicyclic) bond motifs is 2. The van der Waals surface area contributed by atoms with Gasteiger partial charge in [0.25, 0.3) is 0 Å². The molecule has 0 saturated heterocycles. The van der Waals surface area contributed by atoms with Crippen molar-refractivity contribution in [1.29, 1.82) is 0 Å². The summed E-state index contributed by atoms with van der Waals surface area (Å²) in [5.74, 6) is 0.287. The highest BCUT2D eigenvalue weighted by atomic mass is 14.7. The van der Waals surface area contributed by atoms with E-state index in [4.69, 9.17) is 0 Å². The molecule has 2 N–H and O–H groups in total. The van der Waals surface area contributed by atoms with Crippen LogP contribution < -0.4 is 0 Å². The van der Waals surface area contributed by atoms with Crippen molar-refractivity contribution < 1.29 is 0 Å². The van der Waals surface area contributed by atoms with Gasteiger partial charge in [-0.25, -0.2) is 0 Å². The fourth-order valence-corrected chi connectivity index (χ4v) is 4.69. The molecule has 0 unspecified atom stereocenters. The maximum absolute atomic E-state index is 3.61. The molecule has 0 saturated carbocycles. The van der Waals surface area contributed by atoms with E-state index in [1.807, 2.05) is 0 Å². The third-order valence-electron chi connectivity index (χ3n) is 5.87. The molecule has 3 aromatic carbocycles. The van der Waals surface area contributed by atoms with Crippen LogP contribution in [0.2, 0.25) is 0 Å². The number of aryl methyl sites for hydroxylation is 2. The molecule has 5 aromatic rings. The molecule has 0 aliphatic carbocycles. The predicted octanol–water partition coefficient (Wildman–Crippen LogP) is 6.64. The molecular weight excluding hydrogens is 340 g/mol. The monoisotopic (exact) mass is 364 g/mol. The quantitative estimate of drug-likeness (QED) is 0.358. The van der Waals surface area contributed by atoms with Gasteiger partial charge in [-0.15, -0.1) is 0 Å². The van der Waals surface area contributed by atoms with Crippen molar-refractivity contribution in [2.75, 3.05) is 0 Å². The molecule has 2 aromatic heterocycles. The van der Waals surface area contributed by atoms with Crippen LogP contribution in [0, 0.1) is 13.8 Å². The fraction of sp³-hybridized carbons (Fsp3) is 0.154. The highest BCUT2D eigenvalue weighted by molar-refractivity contribution is 5.89. The van der Waals surface area contributed by atoms with Gasteiger partial charge in [0.1, 0.15) is 0 Å². The normalized spacial score (nSPS) is 11.7. The van der Waals surface area contributed by atoms with E-state index in [2.05, 4.69) is 103 Å². The molecule has 5 rings (SSSR count). The minimum absolute atomic E-state index is 0.287. The standard InChI is InChI=1S/C26H24N2/c1-17-25(20-12-6-8-14-23(20)27-17)22(16-19-10-4-3-5-11-19)26-18(2)28-24-15-9-7-13-21(24)26/h3-15,22,27-28H,16H2,1-2H3. The van der Waals surface area contributed by atoms with E-state index in [0.29, 0.717) is 0 Å². The third-order valence-corrected chi connectivity index (χ3v) is 5.87. The molecule has 28 heavy (non-hydrogen) atoms. The lowest BCUT2D eigenvalue weighted by Crippen LogP contribution is -2.07. The number of aromatic amines is 2. The van der Waals surface area contributed by atoms with Gasteiger partial charge >= 0.3 is 0 Å². The van der Waals surface area contributed by atoms with Gasteiger partial charge in [0.15, 0.2) is 0 Å². The maximum atomic E-state index is 3.61. The first-order valence-electron chi connectivity index (χ1n) is 9.90. The van der Waals surface area contributed by atoms with Crippen LogP contribution in [-0.2, 0) is 6.42 Å². The Kier molecular flexibility index (Phi) is 4.05. The highest BCUT2D eigenvalue weighted by Crippen LogP contribution is 2.40. The molecule has 138 valence electrons. The van der Waals surface area contributed by atoms with E-state index in [9.17, 15) is 0 Å². The predicted molar refractivity (Wildman–Crippen MR) is 118 cm³/mol. The lowest BCUT2D eigenvalue weighted by molar-refractivity contribution is 0.803. The van der Waals surface area contributed by atoms with E-state index >= 15 is 0 Å². The topological polar surface area (TPSA) is 31.6 Å². The van der Waals surface area contributed by atoms with E-state index in [-0.39, 0.29) is 5.92 Å². The number of para-hydroxylation sites is 2. The Labute approximate surface area is 165 Å². The summed E-state index contributed by atoms with van der Waals surface area (Å²) < 4.78 is 0. The van der Waals surface area contributed by atoms with E-state index in [1.165, 1.54) is 49.9 Å². The number of rotatable bonds is 4. The smallest absolute Gasteiger partial charge is 0.0459 e. The molecule has 0 spiro atoms. The summed E-state index contributed by atoms with van der Waals surface area (Å²) >= 11 is 0. The van der Waals surface area contributed by atoms with Gasteiger partial charge in [-0.1, -0.05) is 66.7 Å². The van der Waals surface area contributed by atoms with Crippen LogP contribution in [0.15, 0.2) is 78.9 Å². The van der Waals surface area contributed by atoms with Gasteiger partial charge in [0.2, 0.25) is 0 Å². The van der Waals surface area contributed by atoms with Crippen LogP contribution in [0.1, 0.15) is 34.0 Å².